The zero-order valence-electron chi connectivity index (χ0n) is 25.0. The van der Waals surface area contributed by atoms with Crippen molar-refractivity contribution in [1.29, 1.82) is 0 Å². The van der Waals surface area contributed by atoms with Crippen LogP contribution in [-0.2, 0) is 47.6 Å². The summed E-state index contributed by atoms with van der Waals surface area (Å²) in [5.41, 5.74) is -5.00. The number of fused-ring (bicyclic) bond motifs is 2. The van der Waals surface area contributed by atoms with E-state index in [0.717, 1.165) is 14.0 Å². The first-order valence-corrected chi connectivity index (χ1v) is 14.8. The van der Waals surface area contributed by atoms with Gasteiger partial charge in [0.1, 0.15) is 36.6 Å². The molecule has 5 fully saturated rings. The van der Waals surface area contributed by atoms with Crippen molar-refractivity contribution in [1.82, 2.24) is 0 Å². The minimum absolute atomic E-state index is 0.0577. The number of carbonyl (C=O) groups is 4. The summed E-state index contributed by atoms with van der Waals surface area (Å²) >= 11 is 0. The molecule has 6 N–H and O–H groups in total. The highest BCUT2D eigenvalue weighted by atomic mass is 16.7. The molecule has 0 aromatic rings. The number of esters is 3. The number of Topliss-reactive ketones (excluding diaryl/α,β-unsaturated/α-hetero) is 1. The Morgan fingerprint density at radius 2 is 1.73 bits per heavy atom. The van der Waals surface area contributed by atoms with Crippen molar-refractivity contribution in [2.45, 2.75) is 87.9 Å². The van der Waals surface area contributed by atoms with Gasteiger partial charge in [-0.25, -0.2) is 9.59 Å². The normalized spacial score (nSPS) is 51.7. The van der Waals surface area contributed by atoms with Gasteiger partial charge in [0, 0.05) is 24.2 Å². The van der Waals surface area contributed by atoms with Crippen molar-refractivity contribution in [3.63, 3.8) is 0 Å². The standard InChI is InChI=1S/C29H38O16/c1-9-11-5-14-28-8-41-29(26(39)40-4,22(28)20(24(38)45-14)42-10(2)31)23(37)19(36)21(28)27(11,3)6-12(15(9)32)43-25-18(35)17(34)16(33)13(7-30)44-25/h6,9,11,13-14,16-23,25,30,33-37H,5,7-8H2,1-4H3/t9-,11-,13+,14+,16+,17-,18+,19+,20+,21?,22?,23-,25+,27-,28+,29-/m0/s1. The lowest BCUT2D eigenvalue weighted by Gasteiger charge is -2.67. The third-order valence-corrected chi connectivity index (χ3v) is 11.2. The second-order valence-electron chi connectivity index (χ2n) is 13.2. The number of allylic oxidation sites excluding steroid dienone is 2. The fourth-order valence-electron chi connectivity index (χ4n) is 9.36. The first-order valence-electron chi connectivity index (χ1n) is 14.8. The van der Waals surface area contributed by atoms with E-state index in [1.807, 2.05) is 0 Å². The number of ketones is 1. The van der Waals surface area contributed by atoms with E-state index in [9.17, 15) is 49.8 Å². The number of aliphatic hydroxyl groups excluding tert-OH is 6. The average molecular weight is 643 g/mol. The molecule has 250 valence electrons. The highest BCUT2D eigenvalue weighted by molar-refractivity contribution is 5.96. The Hall–Kier alpha value is -2.70. The number of hydrogen-bond acceptors (Lipinski definition) is 16. The van der Waals surface area contributed by atoms with Crippen LogP contribution in [0.4, 0.5) is 0 Å². The Labute approximate surface area is 256 Å². The smallest absolute Gasteiger partial charge is 0.348 e. The third-order valence-electron chi connectivity index (χ3n) is 11.2. The maximum atomic E-state index is 13.7. The van der Waals surface area contributed by atoms with E-state index in [2.05, 4.69) is 0 Å². The molecule has 0 aromatic carbocycles. The third kappa shape index (κ3) is 4.06. The number of carbonyl (C=O) groups excluding carboxylic acids is 4. The van der Waals surface area contributed by atoms with Crippen LogP contribution in [-0.4, -0.2) is 135 Å². The molecule has 16 nitrogen and oxygen atoms in total. The molecule has 2 bridgehead atoms. The predicted octanol–water partition coefficient (Wildman–Crippen LogP) is -3.31. The van der Waals surface area contributed by atoms with Crippen molar-refractivity contribution in [2.75, 3.05) is 20.3 Å². The summed E-state index contributed by atoms with van der Waals surface area (Å²) in [6, 6.07) is 0. The van der Waals surface area contributed by atoms with Crippen LogP contribution in [0.15, 0.2) is 11.8 Å². The largest absolute Gasteiger partial charge is 0.467 e. The van der Waals surface area contributed by atoms with Crippen LogP contribution in [0.5, 0.6) is 0 Å². The van der Waals surface area contributed by atoms with Gasteiger partial charge in [-0.15, -0.1) is 0 Å². The molecule has 3 heterocycles. The summed E-state index contributed by atoms with van der Waals surface area (Å²) in [7, 11) is 1.05. The van der Waals surface area contributed by atoms with Crippen molar-refractivity contribution < 1.29 is 78.2 Å². The van der Waals surface area contributed by atoms with Crippen molar-refractivity contribution in [2.24, 2.45) is 34.5 Å². The van der Waals surface area contributed by atoms with Gasteiger partial charge in [-0.1, -0.05) is 13.8 Å². The summed E-state index contributed by atoms with van der Waals surface area (Å²) in [5.74, 6) is -7.70. The van der Waals surface area contributed by atoms with Gasteiger partial charge in [-0.3, -0.25) is 9.59 Å². The Balaban J connectivity index is 1.49. The van der Waals surface area contributed by atoms with E-state index in [0.29, 0.717) is 0 Å². The molecule has 0 aromatic heterocycles. The Morgan fingerprint density at radius 3 is 2.36 bits per heavy atom. The SMILES string of the molecule is COC(=O)[C@@]12OC[C@]34C([C@@H](O)[C@@H]1O)[C@@]1(C)C=C(O[C@@H]5O[C@H](CO)[C@@H](O)[C@H](O)[C@H]5O)C(=O)[C@@H](C)[C@@H]1C[C@H]3OC(=O)[C@H](OC(C)=O)C42. The lowest BCUT2D eigenvalue weighted by Crippen LogP contribution is -2.79. The van der Waals surface area contributed by atoms with E-state index in [1.54, 1.807) is 13.8 Å². The molecule has 3 aliphatic carbocycles. The Morgan fingerprint density at radius 1 is 1.04 bits per heavy atom. The molecule has 0 radical (unpaired) electrons. The number of methoxy groups -OCH3 is 1. The summed E-state index contributed by atoms with van der Waals surface area (Å²) in [5, 5.41) is 64.2. The molecule has 0 amide bonds. The first-order chi connectivity index (χ1) is 21.1. The zero-order chi connectivity index (χ0) is 33.0. The first kappa shape index (κ1) is 32.2. The number of aliphatic hydroxyl groups is 6. The van der Waals surface area contributed by atoms with Crippen LogP contribution in [0.25, 0.3) is 0 Å². The molecule has 2 saturated carbocycles. The van der Waals surface area contributed by atoms with E-state index in [1.165, 1.54) is 6.08 Å². The monoisotopic (exact) mass is 642 g/mol. The van der Waals surface area contributed by atoms with Crippen LogP contribution in [0.2, 0.25) is 0 Å². The molecule has 6 aliphatic rings. The number of hydrogen-bond donors (Lipinski definition) is 6. The average Bonchev–Trinajstić information content (AvgIpc) is 3.30. The maximum absolute atomic E-state index is 13.7. The van der Waals surface area contributed by atoms with Crippen molar-refractivity contribution >= 4 is 23.7 Å². The lowest BCUT2D eigenvalue weighted by atomic mass is 9.38. The molecule has 1 spiro atoms. The van der Waals surface area contributed by atoms with E-state index >= 15 is 0 Å². The van der Waals surface area contributed by atoms with Gasteiger partial charge in [-0.2, -0.15) is 0 Å². The summed E-state index contributed by atoms with van der Waals surface area (Å²) < 4.78 is 33.6. The van der Waals surface area contributed by atoms with Crippen LogP contribution in [0, 0.1) is 34.5 Å². The second-order valence-corrected chi connectivity index (χ2v) is 13.2. The lowest BCUT2D eigenvalue weighted by molar-refractivity contribution is -0.296. The minimum Gasteiger partial charge on any atom is -0.467 e. The van der Waals surface area contributed by atoms with Gasteiger partial charge in [-0.05, 0) is 23.8 Å². The molecular formula is C29H38O16. The molecule has 6 rings (SSSR count). The highest BCUT2D eigenvalue weighted by Crippen LogP contribution is 2.72. The Bertz CT molecular complexity index is 1310. The van der Waals surface area contributed by atoms with Crippen molar-refractivity contribution in [3.8, 4) is 0 Å². The molecular weight excluding hydrogens is 604 g/mol. The van der Waals surface area contributed by atoms with Gasteiger partial charge in [0.2, 0.25) is 18.0 Å². The van der Waals surface area contributed by atoms with E-state index < -0.39 is 126 Å². The maximum Gasteiger partial charge on any atom is 0.348 e. The minimum atomic E-state index is -2.30. The molecule has 16 atom stereocenters. The van der Waals surface area contributed by atoms with Crippen LogP contribution in [0.1, 0.15) is 27.2 Å². The fourth-order valence-corrected chi connectivity index (χ4v) is 9.36. The summed E-state index contributed by atoms with van der Waals surface area (Å²) in [6.45, 7) is 3.33. The molecule has 2 unspecified atom stereocenters. The predicted molar refractivity (Wildman–Crippen MR) is 141 cm³/mol. The molecule has 16 heteroatoms. The quantitative estimate of drug-likeness (QED) is 0.127. The van der Waals surface area contributed by atoms with Gasteiger partial charge >= 0.3 is 17.9 Å². The molecule has 3 saturated heterocycles. The van der Waals surface area contributed by atoms with Crippen molar-refractivity contribution in [3.05, 3.63) is 11.8 Å². The topological polar surface area (TPSA) is 245 Å². The molecule has 3 aliphatic heterocycles. The van der Waals surface area contributed by atoms with Gasteiger partial charge in [0.15, 0.2) is 11.5 Å². The number of rotatable bonds is 5. The summed E-state index contributed by atoms with van der Waals surface area (Å²) in [6.07, 6.45) is -13.2. The van der Waals surface area contributed by atoms with E-state index in [-0.39, 0.29) is 18.8 Å². The van der Waals surface area contributed by atoms with E-state index in [4.69, 9.17) is 28.4 Å². The van der Waals surface area contributed by atoms with Gasteiger partial charge in [0.25, 0.3) is 0 Å². The van der Waals surface area contributed by atoms with Crippen LogP contribution in [0.3, 0.4) is 0 Å². The van der Waals surface area contributed by atoms with Crippen LogP contribution < -0.4 is 0 Å². The van der Waals surface area contributed by atoms with Crippen LogP contribution >= 0.6 is 0 Å². The Kier molecular flexibility index (Phi) is 7.64. The van der Waals surface area contributed by atoms with Gasteiger partial charge < -0.3 is 59.1 Å². The highest BCUT2D eigenvalue weighted by Gasteiger charge is 2.85. The molecule has 45 heavy (non-hydrogen) atoms. The second kappa shape index (κ2) is 10.7. The zero-order valence-corrected chi connectivity index (χ0v) is 25.0. The summed E-state index contributed by atoms with van der Waals surface area (Å²) in [4.78, 5) is 52.7. The number of ether oxygens (including phenoxy) is 6. The fraction of sp³-hybridized carbons (Fsp3) is 0.793. The van der Waals surface area contributed by atoms with Gasteiger partial charge in [0.05, 0.1) is 32.3 Å².